The van der Waals surface area contributed by atoms with Gasteiger partial charge in [-0.05, 0) is 41.7 Å². The Morgan fingerprint density at radius 3 is 2.22 bits per heavy atom. The van der Waals surface area contributed by atoms with E-state index in [0.29, 0.717) is 12.1 Å². The van der Waals surface area contributed by atoms with Crippen molar-refractivity contribution in [1.29, 1.82) is 0 Å². The van der Waals surface area contributed by atoms with Crippen LogP contribution in [-0.4, -0.2) is 55.5 Å². The van der Waals surface area contributed by atoms with E-state index in [1.165, 1.54) is 0 Å². The summed E-state index contributed by atoms with van der Waals surface area (Å²) in [7, 11) is 0. The molecule has 188 valence electrons. The Morgan fingerprint density at radius 1 is 0.861 bits per heavy atom. The Balaban J connectivity index is 1.30. The highest BCUT2D eigenvalue weighted by Gasteiger charge is 2.32. The summed E-state index contributed by atoms with van der Waals surface area (Å²) in [5.74, 6) is -0.500. The van der Waals surface area contributed by atoms with E-state index in [9.17, 15) is 20.1 Å². The Morgan fingerprint density at radius 2 is 1.53 bits per heavy atom. The van der Waals surface area contributed by atoms with Crippen molar-refractivity contribution in [2.75, 3.05) is 19.6 Å². The summed E-state index contributed by atoms with van der Waals surface area (Å²) in [6, 6.07) is 24.7. The fraction of sp³-hybridized carbons (Fsp3) is 0.345. The third kappa shape index (κ3) is 5.01. The van der Waals surface area contributed by atoms with Gasteiger partial charge in [0, 0.05) is 31.6 Å². The lowest BCUT2D eigenvalue weighted by atomic mass is 9.84. The van der Waals surface area contributed by atoms with Crippen molar-refractivity contribution in [3.8, 4) is 0 Å². The summed E-state index contributed by atoms with van der Waals surface area (Å²) in [6.45, 7) is 1.90. The standard InChI is InChI=1S/C29H33N3O4/c33-19-20-10-12-22(13-11-20)28(35)27(21-6-2-1-3-7-21)26(34)18-31-16-14-23(15-17-31)32-25-9-5-4-8-24(25)30-29(32)36/h1-13,23,26-28,33-35H,14-19H2,(H,30,36). The number of H-pyrrole nitrogens is 1. The van der Waals surface area contributed by atoms with Crippen molar-refractivity contribution >= 4 is 11.0 Å². The predicted molar refractivity (Wildman–Crippen MR) is 140 cm³/mol. The lowest BCUT2D eigenvalue weighted by molar-refractivity contribution is 0.0223. The molecular weight excluding hydrogens is 454 g/mol. The van der Waals surface area contributed by atoms with Gasteiger partial charge in [-0.1, -0.05) is 66.7 Å². The van der Waals surface area contributed by atoms with Crippen molar-refractivity contribution < 1.29 is 15.3 Å². The van der Waals surface area contributed by atoms with E-state index < -0.39 is 18.1 Å². The van der Waals surface area contributed by atoms with E-state index in [1.54, 1.807) is 12.1 Å². The number of aliphatic hydroxyl groups excluding tert-OH is 3. The van der Waals surface area contributed by atoms with E-state index in [-0.39, 0.29) is 18.3 Å². The first kappa shape index (κ1) is 24.5. The fourth-order valence-corrected chi connectivity index (χ4v) is 5.49. The molecule has 3 unspecified atom stereocenters. The van der Waals surface area contributed by atoms with Crippen LogP contribution in [0.2, 0.25) is 0 Å². The molecule has 4 N–H and O–H groups in total. The molecule has 0 bridgehead atoms. The van der Waals surface area contributed by atoms with Gasteiger partial charge in [-0.3, -0.25) is 4.57 Å². The molecular formula is C29H33N3O4. The SMILES string of the molecule is O=c1[nH]c2ccccc2n1C1CCN(CC(O)C(c2ccccc2)C(O)c2ccc(CO)cc2)CC1. The number of benzene rings is 3. The number of hydrogen-bond acceptors (Lipinski definition) is 5. The second-order valence-electron chi connectivity index (χ2n) is 9.70. The van der Waals surface area contributed by atoms with Crippen molar-refractivity contribution in [2.24, 2.45) is 0 Å². The van der Waals surface area contributed by atoms with Gasteiger partial charge in [0.2, 0.25) is 0 Å². The van der Waals surface area contributed by atoms with Crippen LogP contribution in [0.15, 0.2) is 83.7 Å². The smallest absolute Gasteiger partial charge is 0.326 e. The summed E-state index contributed by atoms with van der Waals surface area (Å²) in [5.41, 5.74) is 4.07. The minimum atomic E-state index is -0.891. The van der Waals surface area contributed by atoms with Crippen molar-refractivity contribution in [2.45, 2.75) is 43.6 Å². The number of para-hydroxylation sites is 2. The van der Waals surface area contributed by atoms with Gasteiger partial charge in [0.1, 0.15) is 0 Å². The summed E-state index contributed by atoms with van der Waals surface area (Å²) in [6.07, 6.45) is -0.0459. The molecule has 36 heavy (non-hydrogen) atoms. The van der Waals surface area contributed by atoms with Gasteiger partial charge >= 0.3 is 5.69 Å². The van der Waals surface area contributed by atoms with Crippen LogP contribution in [0, 0.1) is 0 Å². The molecule has 1 saturated heterocycles. The predicted octanol–water partition coefficient (Wildman–Crippen LogP) is 3.34. The molecule has 1 aliphatic heterocycles. The maximum Gasteiger partial charge on any atom is 0.326 e. The van der Waals surface area contributed by atoms with Crippen LogP contribution in [0.25, 0.3) is 11.0 Å². The molecule has 1 aromatic heterocycles. The minimum Gasteiger partial charge on any atom is -0.392 e. The molecule has 7 nitrogen and oxygen atoms in total. The molecule has 5 rings (SSSR count). The molecule has 1 aliphatic rings. The molecule has 0 aliphatic carbocycles. The van der Waals surface area contributed by atoms with Crippen molar-refractivity contribution in [1.82, 2.24) is 14.5 Å². The van der Waals surface area contributed by atoms with Gasteiger partial charge in [-0.15, -0.1) is 0 Å². The Kier molecular flexibility index (Phi) is 7.34. The highest BCUT2D eigenvalue weighted by atomic mass is 16.3. The second-order valence-corrected chi connectivity index (χ2v) is 9.70. The van der Waals surface area contributed by atoms with E-state index in [0.717, 1.165) is 48.1 Å². The number of piperidine rings is 1. The zero-order valence-corrected chi connectivity index (χ0v) is 20.2. The number of hydrogen-bond donors (Lipinski definition) is 4. The van der Waals surface area contributed by atoms with Gasteiger partial charge in [0.15, 0.2) is 0 Å². The minimum absolute atomic E-state index is 0.0538. The summed E-state index contributed by atoms with van der Waals surface area (Å²) in [5, 5.41) is 32.0. The molecule has 0 spiro atoms. The average molecular weight is 488 g/mol. The van der Waals surface area contributed by atoms with Crippen molar-refractivity contribution in [3.63, 3.8) is 0 Å². The highest BCUT2D eigenvalue weighted by Crippen LogP contribution is 2.35. The van der Waals surface area contributed by atoms with Crippen molar-refractivity contribution in [3.05, 3.63) is 106 Å². The molecule has 0 amide bonds. The summed E-state index contributed by atoms with van der Waals surface area (Å²) < 4.78 is 1.87. The quantitative estimate of drug-likeness (QED) is 0.305. The monoisotopic (exact) mass is 487 g/mol. The summed E-state index contributed by atoms with van der Waals surface area (Å²) >= 11 is 0. The number of aromatic nitrogens is 2. The van der Waals surface area contributed by atoms with E-state index in [4.69, 9.17) is 0 Å². The van der Waals surface area contributed by atoms with Crippen LogP contribution in [0.1, 0.15) is 47.6 Å². The Labute approximate surface area is 210 Å². The zero-order valence-electron chi connectivity index (χ0n) is 20.2. The molecule has 3 aromatic carbocycles. The fourth-order valence-electron chi connectivity index (χ4n) is 5.49. The highest BCUT2D eigenvalue weighted by molar-refractivity contribution is 5.75. The lowest BCUT2D eigenvalue weighted by Gasteiger charge is -2.36. The summed E-state index contributed by atoms with van der Waals surface area (Å²) in [4.78, 5) is 17.8. The number of β-amino-alcohol motifs (C(OH)–C–C–N with tert-alkyl or cyclic N) is 1. The maximum absolute atomic E-state index is 12.6. The maximum atomic E-state index is 12.6. The average Bonchev–Trinajstić information content (AvgIpc) is 3.25. The number of aliphatic hydroxyl groups is 3. The Bertz CT molecular complexity index is 1320. The largest absolute Gasteiger partial charge is 0.392 e. The molecule has 1 fully saturated rings. The first-order valence-electron chi connectivity index (χ1n) is 12.6. The third-order valence-electron chi connectivity index (χ3n) is 7.43. The van der Waals surface area contributed by atoms with Gasteiger partial charge in [0.25, 0.3) is 0 Å². The Hall–Kier alpha value is -3.23. The number of nitrogens with zero attached hydrogens (tertiary/aromatic N) is 2. The van der Waals surface area contributed by atoms with Crippen LogP contribution >= 0.6 is 0 Å². The van der Waals surface area contributed by atoms with Crippen LogP contribution in [-0.2, 0) is 6.61 Å². The molecule has 4 aromatic rings. The van der Waals surface area contributed by atoms with Gasteiger partial charge in [-0.25, -0.2) is 4.79 Å². The van der Waals surface area contributed by atoms with Crippen LogP contribution in [0.4, 0.5) is 0 Å². The number of fused-ring (bicyclic) bond motifs is 1. The van der Waals surface area contributed by atoms with Gasteiger partial charge in [-0.2, -0.15) is 0 Å². The molecule has 0 saturated carbocycles. The number of likely N-dealkylation sites (tertiary alicyclic amines) is 1. The number of imidazole rings is 1. The molecule has 7 heteroatoms. The van der Waals surface area contributed by atoms with Gasteiger partial charge < -0.3 is 25.2 Å². The number of rotatable bonds is 8. The third-order valence-corrected chi connectivity index (χ3v) is 7.43. The van der Waals surface area contributed by atoms with Crippen LogP contribution < -0.4 is 5.69 Å². The lowest BCUT2D eigenvalue weighted by Crippen LogP contribution is -2.43. The van der Waals surface area contributed by atoms with Crippen LogP contribution in [0.3, 0.4) is 0 Å². The van der Waals surface area contributed by atoms with Crippen LogP contribution in [0.5, 0.6) is 0 Å². The van der Waals surface area contributed by atoms with E-state index in [1.807, 2.05) is 71.3 Å². The normalized spacial score (nSPS) is 17.8. The zero-order chi connectivity index (χ0) is 25.1. The first-order chi connectivity index (χ1) is 17.5. The topological polar surface area (TPSA) is 102 Å². The second kappa shape index (κ2) is 10.8. The number of aromatic amines is 1. The molecule has 2 heterocycles. The van der Waals surface area contributed by atoms with Gasteiger partial charge in [0.05, 0.1) is 29.8 Å². The molecule has 3 atom stereocenters. The van der Waals surface area contributed by atoms with E-state index in [2.05, 4.69) is 9.88 Å². The molecule has 0 radical (unpaired) electrons. The number of nitrogens with one attached hydrogen (secondary N) is 1. The van der Waals surface area contributed by atoms with E-state index >= 15 is 0 Å². The first-order valence-corrected chi connectivity index (χ1v) is 12.6.